The minimum atomic E-state index is -3.60. The first-order chi connectivity index (χ1) is 7.03. The lowest BCUT2D eigenvalue weighted by Crippen LogP contribution is -2.33. The summed E-state index contributed by atoms with van der Waals surface area (Å²) in [6, 6.07) is 6.41. The van der Waals surface area contributed by atoms with E-state index in [2.05, 4.69) is 14.0 Å². The summed E-state index contributed by atoms with van der Waals surface area (Å²) < 4.78 is 31.7. The molecule has 2 N–H and O–H groups in total. The van der Waals surface area contributed by atoms with Crippen LogP contribution in [0, 0.1) is 0 Å². The average Bonchev–Trinajstić information content (AvgIpc) is 2.14. The van der Waals surface area contributed by atoms with Crippen LogP contribution in [0.1, 0.15) is 0 Å². The van der Waals surface area contributed by atoms with E-state index in [0.717, 1.165) is 0 Å². The Morgan fingerprint density at radius 1 is 1.47 bits per heavy atom. The maximum atomic E-state index is 11.3. The van der Waals surface area contributed by atoms with Crippen LogP contribution in [-0.4, -0.2) is 23.1 Å². The molecule has 0 unspecified atom stereocenters. The summed E-state index contributed by atoms with van der Waals surface area (Å²) in [6.07, 6.45) is 0. The molecule has 0 aliphatic rings. The molecule has 5 nitrogen and oxygen atoms in total. The molecular weight excluding hydrogens is 238 g/mol. The average molecular weight is 249 g/mol. The van der Waals surface area contributed by atoms with Crippen LogP contribution in [0.25, 0.3) is 0 Å². The molecule has 0 atom stereocenters. The Balaban J connectivity index is 2.69. The van der Waals surface area contributed by atoms with Gasteiger partial charge in [-0.3, -0.25) is 4.72 Å². The number of benzene rings is 1. The van der Waals surface area contributed by atoms with Crippen molar-refractivity contribution in [3.05, 3.63) is 29.3 Å². The second-order valence-corrected chi connectivity index (χ2v) is 4.63. The number of halogens is 1. The summed E-state index contributed by atoms with van der Waals surface area (Å²) >= 11 is 5.70. The molecule has 0 fully saturated rings. The van der Waals surface area contributed by atoms with Gasteiger partial charge >= 0.3 is 7.62 Å². The highest BCUT2D eigenvalue weighted by Crippen LogP contribution is 2.15. The molecule has 1 aromatic carbocycles. The van der Waals surface area contributed by atoms with E-state index in [4.69, 9.17) is 11.6 Å². The van der Waals surface area contributed by atoms with Gasteiger partial charge in [-0.1, -0.05) is 17.7 Å². The lowest BCUT2D eigenvalue weighted by atomic mass is 10.3. The van der Waals surface area contributed by atoms with E-state index < -0.39 is 10.2 Å². The SMILES string of the molecule is COBNS(=O)(=O)Nc1cccc(Cl)c1. The second kappa shape index (κ2) is 5.36. The van der Waals surface area contributed by atoms with Crippen molar-refractivity contribution in [2.75, 3.05) is 11.8 Å². The molecule has 82 valence electrons. The molecule has 8 heteroatoms. The van der Waals surface area contributed by atoms with E-state index in [0.29, 0.717) is 10.7 Å². The predicted molar refractivity (Wildman–Crippen MR) is 61.3 cm³/mol. The fourth-order valence-electron chi connectivity index (χ4n) is 0.880. The van der Waals surface area contributed by atoms with Crippen molar-refractivity contribution in [1.29, 1.82) is 0 Å². The van der Waals surface area contributed by atoms with Crippen LogP contribution in [0.15, 0.2) is 24.3 Å². The lowest BCUT2D eigenvalue weighted by Gasteiger charge is -2.07. The zero-order chi connectivity index (χ0) is 11.3. The van der Waals surface area contributed by atoms with E-state index in [1.165, 1.54) is 13.2 Å². The third-order valence-electron chi connectivity index (χ3n) is 1.47. The molecule has 1 aromatic rings. The molecule has 1 rings (SSSR count). The van der Waals surface area contributed by atoms with Crippen molar-refractivity contribution in [3.8, 4) is 0 Å². The molecule has 0 saturated carbocycles. The number of hydrogen-bond donors (Lipinski definition) is 2. The Morgan fingerprint density at radius 3 is 2.80 bits per heavy atom. The fraction of sp³-hybridized carbons (Fsp3) is 0.143. The van der Waals surface area contributed by atoms with Gasteiger partial charge in [0.2, 0.25) is 0 Å². The Hall–Kier alpha value is -0.755. The Morgan fingerprint density at radius 2 is 2.20 bits per heavy atom. The molecular formula is C7H10BClN2O3S. The Kier molecular flexibility index (Phi) is 4.40. The highest BCUT2D eigenvalue weighted by atomic mass is 35.5. The van der Waals surface area contributed by atoms with Crippen LogP contribution in [0.5, 0.6) is 0 Å². The van der Waals surface area contributed by atoms with Crippen molar-refractivity contribution in [2.24, 2.45) is 0 Å². The molecule has 0 radical (unpaired) electrons. The molecule has 0 saturated heterocycles. The van der Waals surface area contributed by atoms with Gasteiger partial charge in [-0.25, -0.2) is 4.63 Å². The van der Waals surface area contributed by atoms with Crippen molar-refractivity contribution in [2.45, 2.75) is 0 Å². The van der Waals surface area contributed by atoms with E-state index in [1.807, 2.05) is 0 Å². The summed E-state index contributed by atoms with van der Waals surface area (Å²) in [5.41, 5.74) is 0.395. The van der Waals surface area contributed by atoms with Gasteiger partial charge in [0.05, 0.1) is 5.69 Å². The first-order valence-electron chi connectivity index (χ1n) is 4.05. The number of rotatable bonds is 5. The smallest absolute Gasteiger partial charge is 0.376 e. The number of nitrogens with one attached hydrogen (secondary N) is 2. The summed E-state index contributed by atoms with van der Waals surface area (Å²) in [6.45, 7) is 0. The molecule has 0 bridgehead atoms. The van der Waals surface area contributed by atoms with Gasteiger partial charge in [0.1, 0.15) is 0 Å². The topological polar surface area (TPSA) is 67.4 Å². The summed E-state index contributed by atoms with van der Waals surface area (Å²) in [5, 5.41) is 0.460. The van der Waals surface area contributed by atoms with Crippen LogP contribution in [0.4, 0.5) is 5.69 Å². The lowest BCUT2D eigenvalue weighted by molar-refractivity contribution is 0.438. The molecule has 0 amide bonds. The quantitative estimate of drug-likeness (QED) is 0.746. The van der Waals surface area contributed by atoms with E-state index in [-0.39, 0.29) is 7.62 Å². The molecule has 0 heterocycles. The van der Waals surface area contributed by atoms with Gasteiger partial charge in [-0.2, -0.15) is 8.42 Å². The van der Waals surface area contributed by atoms with E-state index in [1.54, 1.807) is 18.2 Å². The highest BCUT2D eigenvalue weighted by Gasteiger charge is 2.09. The van der Waals surface area contributed by atoms with Crippen molar-refractivity contribution >= 4 is 35.1 Å². The Labute approximate surface area is 94.3 Å². The van der Waals surface area contributed by atoms with Crippen LogP contribution in [0.3, 0.4) is 0 Å². The van der Waals surface area contributed by atoms with Gasteiger partial charge in [0, 0.05) is 12.1 Å². The fourth-order valence-corrected chi connectivity index (χ4v) is 1.85. The highest BCUT2D eigenvalue weighted by molar-refractivity contribution is 7.91. The minimum Gasteiger partial charge on any atom is -0.426 e. The second-order valence-electron chi connectivity index (χ2n) is 2.69. The predicted octanol–water partition coefficient (Wildman–Crippen LogP) is 0.499. The first-order valence-corrected chi connectivity index (χ1v) is 5.91. The number of hydrogen-bond acceptors (Lipinski definition) is 3. The minimum absolute atomic E-state index is 0.0874. The number of anilines is 1. The van der Waals surface area contributed by atoms with E-state index >= 15 is 0 Å². The largest absolute Gasteiger partial charge is 0.426 e. The third-order valence-corrected chi connectivity index (χ3v) is 2.71. The third kappa shape index (κ3) is 4.52. The maximum Gasteiger partial charge on any atom is 0.376 e. The van der Waals surface area contributed by atoms with Crippen LogP contribution >= 0.6 is 11.6 Å². The van der Waals surface area contributed by atoms with Crippen LogP contribution in [-0.2, 0) is 14.9 Å². The van der Waals surface area contributed by atoms with E-state index in [9.17, 15) is 8.42 Å². The molecule has 0 spiro atoms. The first kappa shape index (κ1) is 12.3. The van der Waals surface area contributed by atoms with Gasteiger partial charge in [0.25, 0.3) is 10.2 Å². The van der Waals surface area contributed by atoms with Crippen molar-refractivity contribution in [1.82, 2.24) is 4.63 Å². The van der Waals surface area contributed by atoms with Crippen LogP contribution < -0.4 is 9.36 Å². The standard InChI is InChI=1S/C7H10BClN2O3S/c1-14-8-11-15(12,13)10-7-4-2-3-6(9)5-7/h2-5,8,10-11H,1H3. The Bertz CT molecular complexity index is 426. The molecule has 0 aromatic heterocycles. The molecule has 0 aliphatic heterocycles. The molecule has 0 aliphatic carbocycles. The van der Waals surface area contributed by atoms with Gasteiger partial charge in [0.15, 0.2) is 0 Å². The molecule has 15 heavy (non-hydrogen) atoms. The zero-order valence-electron chi connectivity index (χ0n) is 8.03. The normalized spacial score (nSPS) is 11.1. The summed E-state index contributed by atoms with van der Waals surface area (Å²) in [4.78, 5) is 0. The maximum absolute atomic E-state index is 11.3. The van der Waals surface area contributed by atoms with Gasteiger partial charge in [-0.15, -0.1) is 0 Å². The summed E-state index contributed by atoms with van der Waals surface area (Å²) in [7, 11) is -2.29. The van der Waals surface area contributed by atoms with Crippen molar-refractivity contribution in [3.63, 3.8) is 0 Å². The summed E-state index contributed by atoms with van der Waals surface area (Å²) in [5.74, 6) is 0. The monoisotopic (exact) mass is 248 g/mol. The van der Waals surface area contributed by atoms with Gasteiger partial charge < -0.3 is 4.65 Å². The van der Waals surface area contributed by atoms with Gasteiger partial charge in [-0.05, 0) is 18.2 Å². The van der Waals surface area contributed by atoms with Crippen LogP contribution in [0.2, 0.25) is 5.02 Å². The zero-order valence-corrected chi connectivity index (χ0v) is 9.60. The van der Waals surface area contributed by atoms with Crippen molar-refractivity contribution < 1.29 is 13.1 Å².